The predicted molar refractivity (Wildman–Crippen MR) is 115 cm³/mol. The summed E-state index contributed by atoms with van der Waals surface area (Å²) in [5, 5.41) is 12.7. The number of hydrogen-bond acceptors (Lipinski definition) is 7. The van der Waals surface area contributed by atoms with Gasteiger partial charge in [-0.3, -0.25) is 4.79 Å². The minimum atomic E-state index is -0.612. The number of methoxy groups -OCH3 is 1. The zero-order valence-electron chi connectivity index (χ0n) is 18.2. The van der Waals surface area contributed by atoms with Crippen molar-refractivity contribution in [3.63, 3.8) is 0 Å². The highest BCUT2D eigenvalue weighted by Gasteiger charge is 2.25. The lowest BCUT2D eigenvalue weighted by Crippen LogP contribution is -2.25. The van der Waals surface area contributed by atoms with Gasteiger partial charge in [-0.25, -0.2) is 0 Å². The molecular formula is C22H27N5O3. The Bertz CT molecular complexity index is 1020. The van der Waals surface area contributed by atoms with Gasteiger partial charge in [0, 0.05) is 25.3 Å². The molecule has 3 rings (SSSR count). The molecule has 0 bridgehead atoms. The van der Waals surface area contributed by atoms with Gasteiger partial charge in [-0.2, -0.15) is 4.80 Å². The minimum Gasteiger partial charge on any atom is -0.493 e. The maximum Gasteiger partial charge on any atom is 0.316 e. The molecule has 3 aromatic rings. The molecule has 0 saturated heterocycles. The second-order valence-electron chi connectivity index (χ2n) is 8.21. The Balaban J connectivity index is 1.76. The lowest BCUT2D eigenvalue weighted by molar-refractivity contribution is -0.143. The van der Waals surface area contributed by atoms with E-state index in [1.165, 1.54) is 7.11 Å². The van der Waals surface area contributed by atoms with E-state index in [-0.39, 0.29) is 5.97 Å². The monoisotopic (exact) mass is 409 g/mol. The number of esters is 1. The third-order valence-corrected chi connectivity index (χ3v) is 4.47. The van der Waals surface area contributed by atoms with Crippen molar-refractivity contribution in [1.29, 1.82) is 0 Å². The summed E-state index contributed by atoms with van der Waals surface area (Å²) >= 11 is 0. The van der Waals surface area contributed by atoms with Crippen LogP contribution < -0.4 is 14.4 Å². The van der Waals surface area contributed by atoms with Crippen LogP contribution in [0.2, 0.25) is 0 Å². The van der Waals surface area contributed by atoms with E-state index in [0.717, 1.165) is 16.8 Å². The second-order valence-corrected chi connectivity index (χ2v) is 8.21. The molecule has 0 atom stereocenters. The zero-order chi connectivity index (χ0) is 21.9. The predicted octanol–water partition coefficient (Wildman–Crippen LogP) is 3.41. The van der Waals surface area contributed by atoms with E-state index in [1.54, 1.807) is 43.8 Å². The van der Waals surface area contributed by atoms with Gasteiger partial charge >= 0.3 is 5.97 Å². The third kappa shape index (κ3) is 4.94. The number of aromatic nitrogens is 4. The van der Waals surface area contributed by atoms with Gasteiger partial charge in [0.2, 0.25) is 5.82 Å². The molecule has 0 amide bonds. The van der Waals surface area contributed by atoms with Gasteiger partial charge in [0.25, 0.3) is 0 Å². The Labute approximate surface area is 176 Å². The molecule has 0 spiro atoms. The van der Waals surface area contributed by atoms with E-state index in [4.69, 9.17) is 9.47 Å². The van der Waals surface area contributed by atoms with Crippen LogP contribution in [0, 0.1) is 5.41 Å². The van der Waals surface area contributed by atoms with Crippen LogP contribution in [0.5, 0.6) is 11.5 Å². The lowest BCUT2D eigenvalue weighted by Gasteiger charge is -2.17. The van der Waals surface area contributed by atoms with Crippen molar-refractivity contribution in [3.05, 3.63) is 48.0 Å². The first kappa shape index (κ1) is 21.3. The molecule has 0 N–H and O–H groups in total. The van der Waals surface area contributed by atoms with Crippen LogP contribution in [-0.2, 0) is 11.3 Å². The molecule has 0 fully saturated rings. The summed E-state index contributed by atoms with van der Waals surface area (Å²) in [7, 11) is 5.53. The molecular weight excluding hydrogens is 382 g/mol. The summed E-state index contributed by atoms with van der Waals surface area (Å²) in [5.41, 5.74) is 2.31. The number of nitrogens with zero attached hydrogens (tertiary/aromatic N) is 5. The maximum absolute atomic E-state index is 12.2. The normalized spacial score (nSPS) is 11.3. The number of carbonyl (C=O) groups is 1. The molecule has 0 saturated carbocycles. The van der Waals surface area contributed by atoms with Crippen LogP contribution in [-0.4, -0.2) is 47.4 Å². The molecule has 8 heteroatoms. The molecule has 0 aliphatic rings. The molecule has 2 aromatic carbocycles. The van der Waals surface area contributed by atoms with Crippen LogP contribution in [0.3, 0.4) is 0 Å². The molecule has 30 heavy (non-hydrogen) atoms. The van der Waals surface area contributed by atoms with Gasteiger partial charge in [-0.15, -0.1) is 10.2 Å². The van der Waals surface area contributed by atoms with Gasteiger partial charge in [0.05, 0.1) is 19.1 Å². The van der Waals surface area contributed by atoms with E-state index >= 15 is 0 Å². The summed E-state index contributed by atoms with van der Waals surface area (Å²) in [6, 6.07) is 13.4. The van der Waals surface area contributed by atoms with E-state index in [2.05, 4.69) is 27.5 Å². The molecule has 0 unspecified atom stereocenters. The SMILES string of the molecule is COc1cc(-c2nnn(Cc3ccc(N(C)C)cc3)n2)ccc1OC(=O)C(C)(C)C. The van der Waals surface area contributed by atoms with Crippen LogP contribution in [0.15, 0.2) is 42.5 Å². The quantitative estimate of drug-likeness (QED) is 0.456. The Hall–Kier alpha value is -3.42. The van der Waals surface area contributed by atoms with E-state index < -0.39 is 5.41 Å². The maximum atomic E-state index is 12.2. The number of tetrazole rings is 1. The molecule has 0 aliphatic heterocycles. The van der Waals surface area contributed by atoms with Crippen molar-refractivity contribution < 1.29 is 14.3 Å². The summed E-state index contributed by atoms with van der Waals surface area (Å²) < 4.78 is 10.9. The Morgan fingerprint density at radius 2 is 1.77 bits per heavy atom. The summed E-state index contributed by atoms with van der Waals surface area (Å²) in [4.78, 5) is 15.8. The molecule has 0 aliphatic carbocycles. The third-order valence-electron chi connectivity index (χ3n) is 4.47. The number of rotatable bonds is 6. The fourth-order valence-corrected chi connectivity index (χ4v) is 2.63. The van der Waals surface area contributed by atoms with Crippen LogP contribution in [0.4, 0.5) is 5.69 Å². The number of anilines is 1. The van der Waals surface area contributed by atoms with Crippen LogP contribution >= 0.6 is 0 Å². The average Bonchev–Trinajstić information content (AvgIpc) is 3.16. The molecule has 1 aromatic heterocycles. The van der Waals surface area contributed by atoms with Gasteiger partial charge in [-0.1, -0.05) is 12.1 Å². The zero-order valence-corrected chi connectivity index (χ0v) is 18.2. The molecule has 0 radical (unpaired) electrons. The first-order valence-corrected chi connectivity index (χ1v) is 9.62. The standard InChI is InChI=1S/C22H27N5O3/c1-22(2,3)21(28)30-18-12-9-16(13-19(18)29-6)20-23-25-27(24-20)14-15-7-10-17(11-8-15)26(4)5/h7-13H,14H2,1-6H3. The summed E-state index contributed by atoms with van der Waals surface area (Å²) in [6.07, 6.45) is 0. The minimum absolute atomic E-state index is 0.335. The van der Waals surface area contributed by atoms with E-state index in [1.807, 2.05) is 31.1 Å². The van der Waals surface area contributed by atoms with Crippen molar-refractivity contribution in [2.24, 2.45) is 5.41 Å². The van der Waals surface area contributed by atoms with Gasteiger partial charge < -0.3 is 14.4 Å². The Kier molecular flexibility index (Phi) is 6.05. The first-order valence-electron chi connectivity index (χ1n) is 9.62. The highest BCUT2D eigenvalue weighted by Crippen LogP contribution is 2.32. The highest BCUT2D eigenvalue weighted by molar-refractivity contribution is 5.79. The van der Waals surface area contributed by atoms with Crippen molar-refractivity contribution >= 4 is 11.7 Å². The van der Waals surface area contributed by atoms with E-state index in [0.29, 0.717) is 23.9 Å². The fourth-order valence-electron chi connectivity index (χ4n) is 2.63. The number of benzene rings is 2. The van der Waals surface area contributed by atoms with E-state index in [9.17, 15) is 4.79 Å². The topological polar surface area (TPSA) is 82.4 Å². The van der Waals surface area contributed by atoms with Gasteiger partial charge in [0.1, 0.15) is 0 Å². The number of carbonyl (C=O) groups excluding carboxylic acids is 1. The Morgan fingerprint density at radius 1 is 1.07 bits per heavy atom. The van der Waals surface area contributed by atoms with Crippen molar-refractivity contribution in [1.82, 2.24) is 20.2 Å². The first-order chi connectivity index (χ1) is 14.2. The van der Waals surface area contributed by atoms with Crippen molar-refractivity contribution in [3.8, 4) is 22.9 Å². The average molecular weight is 409 g/mol. The largest absolute Gasteiger partial charge is 0.493 e. The fraction of sp³-hybridized carbons (Fsp3) is 0.364. The highest BCUT2D eigenvalue weighted by atomic mass is 16.6. The Morgan fingerprint density at radius 3 is 2.37 bits per heavy atom. The van der Waals surface area contributed by atoms with Crippen LogP contribution in [0.25, 0.3) is 11.4 Å². The smallest absolute Gasteiger partial charge is 0.316 e. The second kappa shape index (κ2) is 8.52. The number of ether oxygens (including phenoxy) is 2. The molecule has 1 heterocycles. The summed E-state index contributed by atoms with van der Waals surface area (Å²) in [6.45, 7) is 5.91. The van der Waals surface area contributed by atoms with Gasteiger partial charge in [-0.05, 0) is 61.9 Å². The lowest BCUT2D eigenvalue weighted by atomic mass is 9.97. The molecule has 8 nitrogen and oxygen atoms in total. The number of hydrogen-bond donors (Lipinski definition) is 0. The van der Waals surface area contributed by atoms with Crippen molar-refractivity contribution in [2.75, 3.05) is 26.1 Å². The molecule has 158 valence electrons. The van der Waals surface area contributed by atoms with Crippen molar-refractivity contribution in [2.45, 2.75) is 27.3 Å². The van der Waals surface area contributed by atoms with Crippen LogP contribution in [0.1, 0.15) is 26.3 Å². The van der Waals surface area contributed by atoms with Gasteiger partial charge in [0.15, 0.2) is 11.5 Å². The summed E-state index contributed by atoms with van der Waals surface area (Å²) in [5.74, 6) is 0.917.